The minimum absolute atomic E-state index is 0.276. The molecule has 1 aromatic heterocycles. The van der Waals surface area contributed by atoms with Crippen molar-refractivity contribution >= 4 is 23.3 Å². The van der Waals surface area contributed by atoms with Crippen LogP contribution >= 0.6 is 11.6 Å². The monoisotopic (exact) mass is 276 g/mol. The fraction of sp³-hybridized carbons (Fsp3) is 0.143. The van der Waals surface area contributed by atoms with Crippen LogP contribution in [-0.2, 0) is 0 Å². The molecule has 1 aromatic carbocycles. The fourth-order valence-corrected chi connectivity index (χ4v) is 1.76. The second-order valence-corrected chi connectivity index (χ2v) is 4.18. The lowest BCUT2D eigenvalue weighted by molar-refractivity contribution is 0.102. The van der Waals surface area contributed by atoms with Crippen molar-refractivity contribution < 1.29 is 9.53 Å². The van der Waals surface area contributed by atoms with E-state index < -0.39 is 0 Å². The molecule has 0 fully saturated rings. The van der Waals surface area contributed by atoms with Gasteiger partial charge in [0.25, 0.3) is 5.91 Å². The second-order valence-electron chi connectivity index (χ2n) is 3.75. The molecule has 0 radical (unpaired) electrons. The zero-order valence-corrected chi connectivity index (χ0v) is 11.1. The number of benzene rings is 1. The first-order valence-corrected chi connectivity index (χ1v) is 6.23. The number of rotatable bonds is 4. The van der Waals surface area contributed by atoms with Gasteiger partial charge in [-0.2, -0.15) is 0 Å². The third-order valence-corrected chi connectivity index (χ3v) is 2.62. The molecule has 19 heavy (non-hydrogen) atoms. The van der Waals surface area contributed by atoms with Gasteiger partial charge >= 0.3 is 0 Å². The molecular weight excluding hydrogens is 264 g/mol. The minimum Gasteiger partial charge on any atom is -0.490 e. The SMILES string of the molecule is CCOc1cccnc1NC(=O)c1cccc(Cl)c1. The number of anilines is 1. The first-order chi connectivity index (χ1) is 9.20. The van der Waals surface area contributed by atoms with E-state index in [9.17, 15) is 4.79 Å². The van der Waals surface area contributed by atoms with Crippen molar-refractivity contribution in [3.8, 4) is 5.75 Å². The van der Waals surface area contributed by atoms with Crippen LogP contribution in [0.25, 0.3) is 0 Å². The van der Waals surface area contributed by atoms with Crippen LogP contribution in [0.4, 0.5) is 5.82 Å². The summed E-state index contributed by atoms with van der Waals surface area (Å²) >= 11 is 5.85. The Balaban J connectivity index is 2.19. The Labute approximate surface area is 116 Å². The number of nitrogens with one attached hydrogen (secondary N) is 1. The largest absolute Gasteiger partial charge is 0.490 e. The molecule has 0 aliphatic heterocycles. The Morgan fingerprint density at radius 3 is 2.95 bits per heavy atom. The van der Waals surface area contributed by atoms with E-state index in [2.05, 4.69) is 10.3 Å². The Hall–Kier alpha value is -2.07. The normalized spacial score (nSPS) is 10.0. The maximum Gasteiger partial charge on any atom is 0.256 e. The molecule has 0 unspecified atom stereocenters. The van der Waals surface area contributed by atoms with E-state index >= 15 is 0 Å². The van der Waals surface area contributed by atoms with Crippen LogP contribution < -0.4 is 10.1 Å². The summed E-state index contributed by atoms with van der Waals surface area (Å²) in [5.74, 6) is 0.664. The van der Waals surface area contributed by atoms with E-state index in [1.807, 2.05) is 6.92 Å². The van der Waals surface area contributed by atoms with Gasteiger partial charge in [-0.25, -0.2) is 4.98 Å². The number of aromatic nitrogens is 1. The van der Waals surface area contributed by atoms with E-state index in [4.69, 9.17) is 16.3 Å². The summed E-state index contributed by atoms with van der Waals surface area (Å²) in [5, 5.41) is 3.22. The van der Waals surface area contributed by atoms with Crippen LogP contribution in [0.1, 0.15) is 17.3 Å². The quantitative estimate of drug-likeness (QED) is 0.931. The first-order valence-electron chi connectivity index (χ1n) is 5.85. The Morgan fingerprint density at radius 2 is 2.21 bits per heavy atom. The van der Waals surface area contributed by atoms with Crippen molar-refractivity contribution in [2.24, 2.45) is 0 Å². The lowest BCUT2D eigenvalue weighted by atomic mass is 10.2. The van der Waals surface area contributed by atoms with Crippen LogP contribution in [0.2, 0.25) is 5.02 Å². The maximum absolute atomic E-state index is 12.1. The lowest BCUT2D eigenvalue weighted by Crippen LogP contribution is -2.14. The Kier molecular flexibility index (Phi) is 4.36. The summed E-state index contributed by atoms with van der Waals surface area (Å²) in [6.07, 6.45) is 1.59. The third kappa shape index (κ3) is 3.45. The Bertz CT molecular complexity index is 587. The average Bonchev–Trinajstić information content (AvgIpc) is 2.41. The first kappa shape index (κ1) is 13.4. The van der Waals surface area contributed by atoms with Crippen LogP contribution in [0.5, 0.6) is 5.75 Å². The highest BCUT2D eigenvalue weighted by Gasteiger charge is 2.10. The van der Waals surface area contributed by atoms with Gasteiger partial charge in [0.05, 0.1) is 6.61 Å². The zero-order valence-electron chi connectivity index (χ0n) is 10.4. The Morgan fingerprint density at radius 1 is 1.37 bits per heavy atom. The van der Waals surface area contributed by atoms with Gasteiger partial charge < -0.3 is 10.1 Å². The summed E-state index contributed by atoms with van der Waals surface area (Å²) in [6, 6.07) is 10.2. The molecule has 0 saturated carbocycles. The highest BCUT2D eigenvalue weighted by atomic mass is 35.5. The van der Waals surface area contributed by atoms with Gasteiger partial charge in [-0.1, -0.05) is 17.7 Å². The number of amides is 1. The molecule has 2 rings (SSSR count). The molecule has 0 aliphatic rings. The number of hydrogen-bond acceptors (Lipinski definition) is 3. The highest BCUT2D eigenvalue weighted by Crippen LogP contribution is 2.21. The molecule has 2 aromatic rings. The number of nitrogens with zero attached hydrogens (tertiary/aromatic N) is 1. The molecule has 0 aliphatic carbocycles. The molecule has 0 saturated heterocycles. The van der Waals surface area contributed by atoms with Crippen molar-refractivity contribution in [1.82, 2.24) is 4.98 Å². The van der Waals surface area contributed by atoms with Crippen molar-refractivity contribution in [3.63, 3.8) is 0 Å². The minimum atomic E-state index is -0.276. The third-order valence-electron chi connectivity index (χ3n) is 2.39. The second kappa shape index (κ2) is 6.20. The topological polar surface area (TPSA) is 51.2 Å². The van der Waals surface area contributed by atoms with E-state index in [0.29, 0.717) is 28.8 Å². The molecule has 0 bridgehead atoms. The molecule has 1 amide bonds. The van der Waals surface area contributed by atoms with Gasteiger partial charge in [-0.05, 0) is 37.3 Å². The van der Waals surface area contributed by atoms with Crippen LogP contribution in [0.15, 0.2) is 42.6 Å². The standard InChI is InChI=1S/C14H13ClN2O2/c1-2-19-12-7-4-8-16-13(12)17-14(18)10-5-3-6-11(15)9-10/h3-9H,2H2,1H3,(H,16,17,18). The highest BCUT2D eigenvalue weighted by molar-refractivity contribution is 6.31. The smallest absolute Gasteiger partial charge is 0.256 e. The van der Waals surface area contributed by atoms with E-state index in [0.717, 1.165) is 0 Å². The van der Waals surface area contributed by atoms with Gasteiger partial charge in [0, 0.05) is 16.8 Å². The predicted octanol–water partition coefficient (Wildman–Crippen LogP) is 3.39. The maximum atomic E-state index is 12.1. The van der Waals surface area contributed by atoms with Crippen molar-refractivity contribution in [3.05, 3.63) is 53.2 Å². The molecule has 0 spiro atoms. The number of ether oxygens (including phenoxy) is 1. The molecule has 4 nitrogen and oxygen atoms in total. The molecule has 1 heterocycles. The summed E-state index contributed by atoms with van der Waals surface area (Å²) in [5.41, 5.74) is 0.473. The molecule has 0 atom stereocenters. The number of carbonyl (C=O) groups excluding carboxylic acids is 1. The van der Waals surface area contributed by atoms with Gasteiger partial charge in [-0.3, -0.25) is 4.79 Å². The van der Waals surface area contributed by atoms with Crippen LogP contribution in [0, 0.1) is 0 Å². The van der Waals surface area contributed by atoms with E-state index in [1.54, 1.807) is 42.6 Å². The van der Waals surface area contributed by atoms with Gasteiger partial charge in [0.1, 0.15) is 0 Å². The number of hydrogen-bond donors (Lipinski definition) is 1. The molecule has 1 N–H and O–H groups in total. The van der Waals surface area contributed by atoms with E-state index in [1.165, 1.54) is 0 Å². The molecular formula is C14H13ClN2O2. The number of carbonyl (C=O) groups is 1. The molecule has 5 heteroatoms. The average molecular weight is 277 g/mol. The summed E-state index contributed by atoms with van der Waals surface area (Å²) in [7, 11) is 0. The summed E-state index contributed by atoms with van der Waals surface area (Å²) in [6.45, 7) is 2.38. The lowest BCUT2D eigenvalue weighted by Gasteiger charge is -2.10. The van der Waals surface area contributed by atoms with Gasteiger partial charge in [-0.15, -0.1) is 0 Å². The van der Waals surface area contributed by atoms with Crippen LogP contribution in [-0.4, -0.2) is 17.5 Å². The van der Waals surface area contributed by atoms with Crippen molar-refractivity contribution in [1.29, 1.82) is 0 Å². The van der Waals surface area contributed by atoms with E-state index in [-0.39, 0.29) is 5.91 Å². The number of halogens is 1. The fourth-order valence-electron chi connectivity index (χ4n) is 1.57. The zero-order chi connectivity index (χ0) is 13.7. The summed E-state index contributed by atoms with van der Waals surface area (Å²) < 4.78 is 5.39. The van der Waals surface area contributed by atoms with Crippen LogP contribution in [0.3, 0.4) is 0 Å². The van der Waals surface area contributed by atoms with Crippen molar-refractivity contribution in [2.45, 2.75) is 6.92 Å². The van der Waals surface area contributed by atoms with Crippen molar-refractivity contribution in [2.75, 3.05) is 11.9 Å². The number of pyridine rings is 1. The van der Waals surface area contributed by atoms with Gasteiger partial charge in [0.2, 0.25) is 0 Å². The summed E-state index contributed by atoms with van der Waals surface area (Å²) in [4.78, 5) is 16.2. The van der Waals surface area contributed by atoms with Gasteiger partial charge in [0.15, 0.2) is 11.6 Å². The molecule has 98 valence electrons. The predicted molar refractivity (Wildman–Crippen MR) is 74.8 cm³/mol.